The molecule has 4 heteroatoms. The zero-order valence-electron chi connectivity index (χ0n) is 15.3. The van der Waals surface area contributed by atoms with Crippen LogP contribution in [0.15, 0.2) is 93.1 Å². The highest BCUT2D eigenvalue weighted by Crippen LogP contribution is 2.52. The molecule has 0 heterocycles. The van der Waals surface area contributed by atoms with Crippen molar-refractivity contribution in [3.8, 4) is 0 Å². The second-order valence-corrected chi connectivity index (χ2v) is 8.71. The fraction of sp³-hybridized carbons (Fsp3) is 0.182. The second-order valence-electron chi connectivity index (χ2n) is 5.97. The Hall–Kier alpha value is -2.19. The van der Waals surface area contributed by atoms with Crippen LogP contribution >= 0.6 is 7.44 Å². The summed E-state index contributed by atoms with van der Waals surface area (Å²) in [5.74, 6) is 0. The van der Waals surface area contributed by atoms with E-state index in [1.54, 1.807) is 24.3 Å². The minimum atomic E-state index is -3.08. The van der Waals surface area contributed by atoms with Crippen molar-refractivity contribution in [1.82, 2.24) is 9.34 Å². The van der Waals surface area contributed by atoms with Crippen LogP contribution in [-0.4, -0.2) is 35.5 Å². The summed E-state index contributed by atoms with van der Waals surface area (Å²) in [5, 5.41) is 2.99. The molecular formula is C22H27N2OP. The third kappa shape index (κ3) is 4.13. The van der Waals surface area contributed by atoms with Crippen LogP contribution in [0.3, 0.4) is 0 Å². The molecule has 0 bridgehead atoms. The predicted molar refractivity (Wildman–Crippen MR) is 115 cm³/mol. The van der Waals surface area contributed by atoms with Gasteiger partial charge in [0.25, 0.3) is 0 Å². The van der Waals surface area contributed by atoms with Gasteiger partial charge in [-0.1, -0.05) is 54.6 Å². The number of rotatable bonds is 11. The van der Waals surface area contributed by atoms with Gasteiger partial charge in [0.05, 0.1) is 0 Å². The minimum Gasteiger partial charge on any atom is -0.283 e. The maximum absolute atomic E-state index is 14.5. The maximum atomic E-state index is 14.5. The molecule has 0 aromatic heterocycles. The van der Waals surface area contributed by atoms with E-state index in [4.69, 9.17) is 0 Å². The molecule has 0 N–H and O–H groups in total. The molecule has 0 atom stereocenters. The van der Waals surface area contributed by atoms with Crippen LogP contribution in [0.25, 0.3) is 10.8 Å². The zero-order chi connectivity index (χ0) is 19.0. The van der Waals surface area contributed by atoms with Crippen molar-refractivity contribution in [2.45, 2.75) is 0 Å². The highest BCUT2D eigenvalue weighted by molar-refractivity contribution is 7.67. The molecule has 0 aliphatic heterocycles. The second kappa shape index (κ2) is 9.49. The van der Waals surface area contributed by atoms with E-state index >= 15 is 0 Å². The first-order valence-electron chi connectivity index (χ1n) is 8.65. The van der Waals surface area contributed by atoms with E-state index in [-0.39, 0.29) is 0 Å². The van der Waals surface area contributed by atoms with Crippen molar-refractivity contribution in [2.24, 2.45) is 0 Å². The van der Waals surface area contributed by atoms with E-state index in [2.05, 4.69) is 32.4 Å². The molecule has 2 rings (SSSR count). The number of benzene rings is 2. The molecule has 136 valence electrons. The lowest BCUT2D eigenvalue weighted by Gasteiger charge is -2.38. The number of hydrogen-bond acceptors (Lipinski definition) is 1. The van der Waals surface area contributed by atoms with Crippen molar-refractivity contribution < 1.29 is 4.57 Å². The van der Waals surface area contributed by atoms with Crippen molar-refractivity contribution in [2.75, 3.05) is 26.2 Å². The molecule has 0 spiro atoms. The molecule has 3 nitrogen and oxygen atoms in total. The van der Waals surface area contributed by atoms with Gasteiger partial charge in [0.2, 0.25) is 7.44 Å². The highest BCUT2D eigenvalue weighted by atomic mass is 31.2. The van der Waals surface area contributed by atoms with E-state index < -0.39 is 7.44 Å². The molecule has 0 fully saturated rings. The first-order valence-corrected chi connectivity index (χ1v) is 10.3. The molecule has 2 aromatic carbocycles. The van der Waals surface area contributed by atoms with E-state index in [9.17, 15) is 4.57 Å². The third-order valence-corrected chi connectivity index (χ3v) is 7.33. The summed E-state index contributed by atoms with van der Waals surface area (Å²) >= 11 is 0. The summed E-state index contributed by atoms with van der Waals surface area (Å²) in [4.78, 5) is 0. The smallest absolute Gasteiger partial charge is 0.246 e. The van der Waals surface area contributed by atoms with Gasteiger partial charge in [-0.2, -0.15) is 0 Å². The number of fused-ring (bicyclic) bond motifs is 1. The predicted octanol–water partition coefficient (Wildman–Crippen LogP) is 5.01. The molecule has 0 aliphatic carbocycles. The molecule has 26 heavy (non-hydrogen) atoms. The van der Waals surface area contributed by atoms with Gasteiger partial charge in [-0.15, -0.1) is 26.3 Å². The van der Waals surface area contributed by atoms with Crippen molar-refractivity contribution in [3.05, 3.63) is 93.1 Å². The number of hydrogen-bond donors (Lipinski definition) is 0. The monoisotopic (exact) mass is 366 g/mol. The van der Waals surface area contributed by atoms with Gasteiger partial charge >= 0.3 is 0 Å². The first-order chi connectivity index (χ1) is 12.6. The molecule has 0 saturated carbocycles. The van der Waals surface area contributed by atoms with Crippen LogP contribution in [0.5, 0.6) is 0 Å². The Morgan fingerprint density at radius 2 is 1.19 bits per heavy atom. The van der Waals surface area contributed by atoms with Gasteiger partial charge in [-0.25, -0.2) is 9.34 Å². The summed E-state index contributed by atoms with van der Waals surface area (Å²) in [5.41, 5.74) is 0. The van der Waals surface area contributed by atoms with Crippen LogP contribution in [0, 0.1) is 0 Å². The molecule has 0 saturated heterocycles. The summed E-state index contributed by atoms with van der Waals surface area (Å²) in [7, 11) is -3.08. The van der Waals surface area contributed by atoms with Crippen LogP contribution in [0.2, 0.25) is 0 Å². The van der Waals surface area contributed by atoms with E-state index in [1.807, 2.05) is 45.7 Å². The van der Waals surface area contributed by atoms with Gasteiger partial charge in [-0.05, 0) is 22.9 Å². The Morgan fingerprint density at radius 3 is 1.65 bits per heavy atom. The van der Waals surface area contributed by atoms with Gasteiger partial charge in [0.1, 0.15) is 0 Å². The summed E-state index contributed by atoms with van der Waals surface area (Å²) in [6.07, 6.45) is 7.10. The van der Waals surface area contributed by atoms with Gasteiger partial charge in [0.15, 0.2) is 0 Å². The highest BCUT2D eigenvalue weighted by Gasteiger charge is 2.37. The summed E-state index contributed by atoms with van der Waals surface area (Å²) < 4.78 is 18.3. The quantitative estimate of drug-likeness (QED) is 0.413. The van der Waals surface area contributed by atoms with Crippen molar-refractivity contribution >= 4 is 23.5 Å². The van der Waals surface area contributed by atoms with Crippen LogP contribution in [0.4, 0.5) is 0 Å². The Bertz CT molecular complexity index is 795. The van der Waals surface area contributed by atoms with E-state index in [0.29, 0.717) is 26.2 Å². The topological polar surface area (TPSA) is 23.6 Å². The van der Waals surface area contributed by atoms with Gasteiger partial charge < -0.3 is 0 Å². The fourth-order valence-electron chi connectivity index (χ4n) is 3.05. The van der Waals surface area contributed by atoms with Crippen LogP contribution in [0.1, 0.15) is 0 Å². The lowest BCUT2D eigenvalue weighted by molar-refractivity contribution is 0.400. The Morgan fingerprint density at radius 1 is 0.731 bits per heavy atom. The molecule has 0 radical (unpaired) electrons. The first kappa shape index (κ1) is 20.1. The average molecular weight is 366 g/mol. The Balaban J connectivity index is 2.67. The van der Waals surface area contributed by atoms with Gasteiger partial charge in [0, 0.05) is 31.5 Å². The van der Waals surface area contributed by atoms with Gasteiger partial charge in [-0.3, -0.25) is 4.57 Å². The Kier molecular flexibility index (Phi) is 7.35. The minimum absolute atomic E-state index is 0.501. The normalized spacial score (nSPS) is 11.6. The lowest BCUT2D eigenvalue weighted by atomic mass is 10.1. The molecular weight excluding hydrogens is 339 g/mol. The average Bonchev–Trinajstić information content (AvgIpc) is 2.66. The van der Waals surface area contributed by atoms with E-state index in [0.717, 1.165) is 16.1 Å². The Labute approximate surface area is 157 Å². The zero-order valence-corrected chi connectivity index (χ0v) is 16.2. The lowest BCUT2D eigenvalue weighted by Crippen LogP contribution is -2.37. The van der Waals surface area contributed by atoms with E-state index in [1.165, 1.54) is 0 Å². The third-order valence-electron chi connectivity index (χ3n) is 4.20. The SMILES string of the molecule is C=CCN(CC=C)P(=O)(c1ccc2ccccc2c1)N(CC=C)CC=C. The largest absolute Gasteiger partial charge is 0.283 e. The van der Waals surface area contributed by atoms with Crippen molar-refractivity contribution in [3.63, 3.8) is 0 Å². The molecule has 0 unspecified atom stereocenters. The summed E-state index contributed by atoms with van der Waals surface area (Å²) in [6.45, 7) is 17.3. The standard InChI is InChI=1S/C22H27N2OP/c1-5-15-23(16-6-2)26(25,24(17-7-3)18-8-4)22-14-13-20-11-9-10-12-21(20)19-22/h5-14,19H,1-4,15-18H2. The van der Waals surface area contributed by atoms with Crippen LogP contribution < -0.4 is 5.30 Å². The molecule has 0 aliphatic rings. The fourth-order valence-corrected chi connectivity index (χ4v) is 5.99. The van der Waals surface area contributed by atoms with Crippen LogP contribution in [-0.2, 0) is 4.57 Å². The molecule has 2 aromatic rings. The maximum Gasteiger partial charge on any atom is 0.246 e. The van der Waals surface area contributed by atoms with Crippen molar-refractivity contribution in [1.29, 1.82) is 0 Å². The molecule has 0 amide bonds. The summed E-state index contributed by atoms with van der Waals surface area (Å²) in [6, 6.07) is 14.1. The number of nitrogens with zero attached hydrogens (tertiary/aromatic N) is 2.